The van der Waals surface area contributed by atoms with Gasteiger partial charge in [0.15, 0.2) is 0 Å². The van der Waals surface area contributed by atoms with E-state index in [2.05, 4.69) is 10.2 Å². The molecule has 21 heavy (non-hydrogen) atoms. The second kappa shape index (κ2) is 6.23. The summed E-state index contributed by atoms with van der Waals surface area (Å²) in [5.41, 5.74) is 17.6. The van der Waals surface area contributed by atoms with Gasteiger partial charge in [0.2, 0.25) is 5.96 Å². The highest BCUT2D eigenvalue weighted by atomic mass is 32.1. The van der Waals surface area contributed by atoms with Crippen LogP contribution in [0, 0.1) is 0 Å². The zero-order valence-electron chi connectivity index (χ0n) is 11.4. The molecule has 0 spiro atoms. The van der Waals surface area contributed by atoms with Gasteiger partial charge in [-0.1, -0.05) is 6.07 Å². The molecule has 8 heteroatoms. The van der Waals surface area contributed by atoms with Crippen LogP contribution in [0.1, 0.15) is 22.2 Å². The number of guanidine groups is 1. The highest BCUT2D eigenvalue weighted by Crippen LogP contribution is 2.34. The molecule has 0 fully saturated rings. The molecule has 0 amide bonds. The quantitative estimate of drug-likeness (QED) is 0.339. The van der Waals surface area contributed by atoms with Crippen molar-refractivity contribution in [2.24, 2.45) is 21.7 Å². The number of carbonyl (C=O) groups is 1. The molecule has 1 aromatic carbocycles. The van der Waals surface area contributed by atoms with Crippen molar-refractivity contribution in [2.75, 3.05) is 12.3 Å². The number of hydrogen-bond acceptors (Lipinski definition) is 6. The predicted molar refractivity (Wildman–Crippen MR) is 85.6 cm³/mol. The molecule has 0 atom stereocenters. The maximum absolute atomic E-state index is 11.8. The molecule has 2 rings (SSSR count). The zero-order valence-corrected chi connectivity index (χ0v) is 12.2. The Balaban J connectivity index is 2.39. The zero-order chi connectivity index (χ0) is 15.4. The number of fused-ring (bicyclic) bond motifs is 1. The van der Waals surface area contributed by atoms with Gasteiger partial charge in [0.05, 0.1) is 18.5 Å². The van der Waals surface area contributed by atoms with E-state index in [1.807, 2.05) is 18.2 Å². The van der Waals surface area contributed by atoms with E-state index in [-0.39, 0.29) is 5.96 Å². The SMILES string of the molecule is CCOC(=O)c1sc2ccc(C=NN=C(N)N)cc2c1N. The lowest BCUT2D eigenvalue weighted by molar-refractivity contribution is 0.0533. The van der Waals surface area contributed by atoms with Crippen LogP contribution in [0.2, 0.25) is 0 Å². The van der Waals surface area contributed by atoms with Crippen molar-refractivity contribution < 1.29 is 9.53 Å². The summed E-state index contributed by atoms with van der Waals surface area (Å²) in [7, 11) is 0. The van der Waals surface area contributed by atoms with Crippen molar-refractivity contribution >= 4 is 45.3 Å². The fourth-order valence-corrected chi connectivity index (χ4v) is 2.72. The summed E-state index contributed by atoms with van der Waals surface area (Å²) in [5.74, 6) is -0.529. The van der Waals surface area contributed by atoms with Crippen LogP contribution in [0.5, 0.6) is 0 Å². The summed E-state index contributed by atoms with van der Waals surface area (Å²) in [6.07, 6.45) is 1.50. The molecule has 0 aliphatic rings. The largest absolute Gasteiger partial charge is 0.462 e. The lowest BCUT2D eigenvalue weighted by Crippen LogP contribution is -2.21. The number of hydrogen-bond donors (Lipinski definition) is 3. The molecule has 110 valence electrons. The van der Waals surface area contributed by atoms with E-state index in [9.17, 15) is 4.79 Å². The standard InChI is InChI=1S/C13H15N5O2S/c1-2-20-12(19)11-10(14)8-5-7(3-4-9(8)21-11)6-17-18-13(15)16/h3-6H,2,14H2,1H3,(H4,15,16,18). The van der Waals surface area contributed by atoms with Crippen LogP contribution in [0.15, 0.2) is 28.4 Å². The highest BCUT2D eigenvalue weighted by molar-refractivity contribution is 7.21. The number of carbonyl (C=O) groups excluding carboxylic acids is 1. The van der Waals surface area contributed by atoms with Gasteiger partial charge < -0.3 is 21.9 Å². The number of esters is 1. The number of nitrogens with two attached hydrogens (primary N) is 3. The summed E-state index contributed by atoms with van der Waals surface area (Å²) in [6.45, 7) is 2.06. The van der Waals surface area contributed by atoms with Crippen LogP contribution >= 0.6 is 11.3 Å². The van der Waals surface area contributed by atoms with Crippen LogP contribution in [0.25, 0.3) is 10.1 Å². The summed E-state index contributed by atoms with van der Waals surface area (Å²) in [4.78, 5) is 12.2. The highest BCUT2D eigenvalue weighted by Gasteiger charge is 2.17. The van der Waals surface area contributed by atoms with Gasteiger partial charge in [0.1, 0.15) is 4.88 Å². The number of ether oxygens (including phenoxy) is 1. The topological polar surface area (TPSA) is 129 Å². The minimum atomic E-state index is -0.410. The van der Waals surface area contributed by atoms with Crippen molar-refractivity contribution in [3.05, 3.63) is 28.6 Å². The van der Waals surface area contributed by atoms with Gasteiger partial charge in [-0.2, -0.15) is 5.10 Å². The molecule has 2 aromatic rings. The number of anilines is 1. The molecule has 6 N–H and O–H groups in total. The van der Waals surface area contributed by atoms with E-state index >= 15 is 0 Å². The fourth-order valence-electron chi connectivity index (χ4n) is 1.73. The minimum absolute atomic E-state index is 0.119. The van der Waals surface area contributed by atoms with Crippen molar-refractivity contribution in [3.63, 3.8) is 0 Å². The Hall–Kier alpha value is -2.61. The van der Waals surface area contributed by atoms with E-state index in [0.29, 0.717) is 17.2 Å². The fraction of sp³-hybridized carbons (Fsp3) is 0.154. The number of benzene rings is 1. The molecular weight excluding hydrogens is 290 g/mol. The van der Waals surface area contributed by atoms with E-state index in [0.717, 1.165) is 15.6 Å². The summed E-state index contributed by atoms with van der Waals surface area (Å²) < 4.78 is 5.88. The number of rotatable bonds is 4. The Morgan fingerprint density at radius 1 is 1.43 bits per heavy atom. The Bertz CT molecular complexity index is 731. The van der Waals surface area contributed by atoms with E-state index in [1.165, 1.54) is 17.6 Å². The molecule has 7 nitrogen and oxygen atoms in total. The molecular formula is C13H15N5O2S. The molecule has 0 aliphatic carbocycles. The van der Waals surface area contributed by atoms with Crippen molar-refractivity contribution in [1.82, 2.24) is 0 Å². The second-order valence-electron chi connectivity index (χ2n) is 4.09. The lowest BCUT2D eigenvalue weighted by atomic mass is 10.1. The van der Waals surface area contributed by atoms with Crippen molar-refractivity contribution in [3.8, 4) is 0 Å². The monoisotopic (exact) mass is 305 g/mol. The van der Waals surface area contributed by atoms with Gasteiger partial charge in [0.25, 0.3) is 0 Å². The maximum Gasteiger partial charge on any atom is 0.350 e. The van der Waals surface area contributed by atoms with Gasteiger partial charge in [-0.3, -0.25) is 0 Å². The van der Waals surface area contributed by atoms with E-state index in [4.69, 9.17) is 21.9 Å². The Morgan fingerprint density at radius 2 is 2.19 bits per heavy atom. The van der Waals surface area contributed by atoms with Gasteiger partial charge in [-0.25, -0.2) is 4.79 Å². The molecule has 0 saturated carbocycles. The molecule has 1 heterocycles. The van der Waals surface area contributed by atoms with Gasteiger partial charge in [-0.15, -0.1) is 16.4 Å². The first-order valence-electron chi connectivity index (χ1n) is 6.14. The van der Waals surface area contributed by atoms with Gasteiger partial charge >= 0.3 is 5.97 Å². The lowest BCUT2D eigenvalue weighted by Gasteiger charge is -1.99. The molecule has 0 bridgehead atoms. The molecule has 0 saturated heterocycles. The van der Waals surface area contributed by atoms with Gasteiger partial charge in [-0.05, 0) is 24.6 Å². The van der Waals surface area contributed by atoms with Crippen LogP contribution in [-0.2, 0) is 4.74 Å². The molecule has 0 radical (unpaired) electrons. The van der Waals surface area contributed by atoms with Crippen LogP contribution in [-0.4, -0.2) is 24.8 Å². The number of thiophene rings is 1. The van der Waals surface area contributed by atoms with Crippen LogP contribution in [0.3, 0.4) is 0 Å². The summed E-state index contributed by atoms with van der Waals surface area (Å²) in [6, 6.07) is 5.50. The molecule has 0 aliphatic heterocycles. The molecule has 1 aromatic heterocycles. The van der Waals surface area contributed by atoms with E-state index in [1.54, 1.807) is 6.92 Å². The smallest absolute Gasteiger partial charge is 0.350 e. The number of nitrogens with zero attached hydrogens (tertiary/aromatic N) is 2. The Morgan fingerprint density at radius 3 is 2.86 bits per heavy atom. The molecule has 0 unspecified atom stereocenters. The normalized spacial score (nSPS) is 10.9. The second-order valence-corrected chi connectivity index (χ2v) is 5.14. The summed E-state index contributed by atoms with van der Waals surface area (Å²) >= 11 is 1.30. The van der Waals surface area contributed by atoms with Crippen molar-refractivity contribution in [2.45, 2.75) is 6.92 Å². The Kier molecular flexibility index (Phi) is 4.39. The van der Waals surface area contributed by atoms with Crippen LogP contribution in [0.4, 0.5) is 5.69 Å². The average molecular weight is 305 g/mol. The van der Waals surface area contributed by atoms with Crippen LogP contribution < -0.4 is 17.2 Å². The minimum Gasteiger partial charge on any atom is -0.462 e. The summed E-state index contributed by atoms with van der Waals surface area (Å²) in [5, 5.41) is 8.03. The van der Waals surface area contributed by atoms with E-state index < -0.39 is 5.97 Å². The predicted octanol–water partition coefficient (Wildman–Crippen LogP) is 1.27. The third kappa shape index (κ3) is 3.29. The van der Waals surface area contributed by atoms with Gasteiger partial charge in [0, 0.05) is 10.1 Å². The Labute approximate surface area is 125 Å². The third-order valence-electron chi connectivity index (χ3n) is 2.59. The third-order valence-corrected chi connectivity index (χ3v) is 3.76. The first-order valence-corrected chi connectivity index (χ1v) is 6.95. The first kappa shape index (κ1) is 14.8. The number of nitrogen functional groups attached to an aromatic ring is 1. The van der Waals surface area contributed by atoms with Crippen molar-refractivity contribution in [1.29, 1.82) is 0 Å². The first-order chi connectivity index (χ1) is 10.0. The maximum atomic E-state index is 11.8. The average Bonchev–Trinajstić information content (AvgIpc) is 2.76.